The first-order valence-electron chi connectivity index (χ1n) is 6.10. The fourth-order valence-corrected chi connectivity index (χ4v) is 4.56. The maximum absolute atomic E-state index is 12.6. The summed E-state index contributed by atoms with van der Waals surface area (Å²) in [5.74, 6) is 1.38. The minimum absolute atomic E-state index is 0.114. The number of hydrogen-bond acceptors (Lipinski definition) is 4. The highest BCUT2D eigenvalue weighted by molar-refractivity contribution is 7.89. The van der Waals surface area contributed by atoms with E-state index in [-0.39, 0.29) is 17.7 Å². The highest BCUT2D eigenvalue weighted by Gasteiger charge is 2.35. The van der Waals surface area contributed by atoms with E-state index in [4.69, 9.17) is 21.1 Å². The summed E-state index contributed by atoms with van der Waals surface area (Å²) in [4.78, 5) is 0.230. The van der Waals surface area contributed by atoms with Gasteiger partial charge in [0.15, 0.2) is 11.5 Å². The van der Waals surface area contributed by atoms with Crippen molar-refractivity contribution < 1.29 is 17.9 Å². The van der Waals surface area contributed by atoms with Gasteiger partial charge in [-0.2, -0.15) is 4.31 Å². The monoisotopic (exact) mass is 303 g/mol. The lowest BCUT2D eigenvalue weighted by atomic mass is 10.3. The molecule has 7 heteroatoms. The molecule has 2 aliphatic rings. The lowest BCUT2D eigenvalue weighted by molar-refractivity contribution is 0.174. The topological polar surface area (TPSA) is 55.8 Å². The van der Waals surface area contributed by atoms with Gasteiger partial charge in [-0.3, -0.25) is 0 Å². The van der Waals surface area contributed by atoms with Crippen LogP contribution in [0.3, 0.4) is 0 Å². The molecule has 1 fully saturated rings. The van der Waals surface area contributed by atoms with Gasteiger partial charge in [0.1, 0.15) is 0 Å². The molecule has 2 aliphatic heterocycles. The molecule has 0 N–H and O–H groups in total. The third kappa shape index (κ3) is 2.17. The average molecular weight is 304 g/mol. The van der Waals surface area contributed by atoms with Gasteiger partial charge in [-0.1, -0.05) is 0 Å². The molecule has 0 spiro atoms. The third-order valence-electron chi connectivity index (χ3n) is 3.45. The maximum Gasteiger partial charge on any atom is 0.243 e. The number of nitrogens with zero attached hydrogens (tertiary/aromatic N) is 1. The molecule has 3 rings (SSSR count). The Kier molecular flexibility index (Phi) is 3.32. The van der Waals surface area contributed by atoms with Crippen LogP contribution in [0.4, 0.5) is 0 Å². The fourth-order valence-electron chi connectivity index (χ4n) is 2.45. The molecule has 0 amide bonds. The van der Waals surface area contributed by atoms with Crippen molar-refractivity contribution in [1.82, 2.24) is 4.31 Å². The summed E-state index contributed by atoms with van der Waals surface area (Å²) in [6.45, 7) is 0.654. The smallest absolute Gasteiger partial charge is 0.243 e. The first kappa shape index (κ1) is 13.0. The molecule has 19 heavy (non-hydrogen) atoms. The summed E-state index contributed by atoms with van der Waals surface area (Å²) in [6.07, 6.45) is 1.66. The largest absolute Gasteiger partial charge is 0.454 e. The van der Waals surface area contributed by atoms with E-state index >= 15 is 0 Å². The maximum atomic E-state index is 12.6. The summed E-state index contributed by atoms with van der Waals surface area (Å²) >= 11 is 5.84. The molecule has 0 saturated carbocycles. The fraction of sp³-hybridized carbons (Fsp3) is 0.500. The molecule has 1 saturated heterocycles. The number of sulfonamides is 1. The van der Waals surface area contributed by atoms with Crippen molar-refractivity contribution in [3.8, 4) is 11.5 Å². The van der Waals surface area contributed by atoms with Crippen molar-refractivity contribution in [3.05, 3.63) is 18.2 Å². The summed E-state index contributed by atoms with van der Waals surface area (Å²) in [5.41, 5.74) is 0. The summed E-state index contributed by atoms with van der Waals surface area (Å²) in [7, 11) is -3.51. The van der Waals surface area contributed by atoms with Crippen molar-refractivity contribution in [2.24, 2.45) is 0 Å². The Morgan fingerprint density at radius 2 is 2.11 bits per heavy atom. The quantitative estimate of drug-likeness (QED) is 0.799. The summed E-state index contributed by atoms with van der Waals surface area (Å²) in [6, 6.07) is 4.58. The number of fused-ring (bicyclic) bond motifs is 1. The van der Waals surface area contributed by atoms with Crippen LogP contribution in [0.15, 0.2) is 23.1 Å². The van der Waals surface area contributed by atoms with Crippen LogP contribution in [0.1, 0.15) is 12.8 Å². The van der Waals surface area contributed by atoms with Gasteiger partial charge in [0, 0.05) is 24.5 Å². The van der Waals surface area contributed by atoms with E-state index in [1.807, 2.05) is 0 Å². The van der Waals surface area contributed by atoms with Gasteiger partial charge in [-0.25, -0.2) is 8.42 Å². The zero-order valence-corrected chi connectivity index (χ0v) is 11.8. The second kappa shape index (κ2) is 4.85. The Bertz CT molecular complexity index is 589. The molecule has 1 aromatic rings. The molecule has 1 atom stereocenters. The summed E-state index contributed by atoms with van der Waals surface area (Å²) < 4.78 is 37.0. The normalized spacial score (nSPS) is 22.9. The molecular weight excluding hydrogens is 290 g/mol. The number of halogens is 1. The standard InChI is InChI=1S/C12H14ClNO4S/c13-7-9-2-1-5-14(9)19(15,16)10-3-4-11-12(6-10)18-8-17-11/h3-4,6,9H,1-2,5,7-8H2/t9-/m0/s1. The van der Waals surface area contributed by atoms with Gasteiger partial charge >= 0.3 is 0 Å². The zero-order valence-electron chi connectivity index (χ0n) is 10.2. The van der Waals surface area contributed by atoms with Crippen molar-refractivity contribution in [1.29, 1.82) is 0 Å². The predicted molar refractivity (Wildman–Crippen MR) is 70.2 cm³/mol. The lowest BCUT2D eigenvalue weighted by Crippen LogP contribution is -2.36. The lowest BCUT2D eigenvalue weighted by Gasteiger charge is -2.22. The van der Waals surface area contributed by atoms with Gasteiger partial charge < -0.3 is 9.47 Å². The van der Waals surface area contributed by atoms with Crippen LogP contribution in [0.5, 0.6) is 11.5 Å². The van der Waals surface area contributed by atoms with E-state index in [2.05, 4.69) is 0 Å². The zero-order chi connectivity index (χ0) is 13.5. The van der Waals surface area contributed by atoms with E-state index in [0.29, 0.717) is 23.9 Å². The van der Waals surface area contributed by atoms with Crippen LogP contribution in [0.25, 0.3) is 0 Å². The number of benzene rings is 1. The highest BCUT2D eigenvalue weighted by atomic mass is 35.5. The Labute approximate surface area is 117 Å². The Morgan fingerprint density at radius 1 is 1.32 bits per heavy atom. The van der Waals surface area contributed by atoms with E-state index in [0.717, 1.165) is 12.8 Å². The predicted octanol–water partition coefficient (Wildman–Crippen LogP) is 1.81. The molecule has 104 valence electrons. The van der Waals surface area contributed by atoms with E-state index < -0.39 is 10.0 Å². The van der Waals surface area contributed by atoms with Gasteiger partial charge in [-0.05, 0) is 25.0 Å². The Balaban J connectivity index is 1.96. The van der Waals surface area contributed by atoms with Crippen LogP contribution in [0, 0.1) is 0 Å². The minimum atomic E-state index is -3.51. The molecule has 0 aromatic heterocycles. The second-order valence-corrected chi connectivity index (χ2v) is 6.78. The van der Waals surface area contributed by atoms with Crippen molar-refractivity contribution >= 4 is 21.6 Å². The Hall–Kier alpha value is -0.980. The van der Waals surface area contributed by atoms with Crippen LogP contribution in [-0.2, 0) is 10.0 Å². The van der Waals surface area contributed by atoms with E-state index in [1.165, 1.54) is 10.4 Å². The number of alkyl halides is 1. The minimum Gasteiger partial charge on any atom is -0.454 e. The van der Waals surface area contributed by atoms with Gasteiger partial charge in [0.05, 0.1) is 4.90 Å². The van der Waals surface area contributed by atoms with Crippen molar-refractivity contribution in [2.75, 3.05) is 19.2 Å². The first-order valence-corrected chi connectivity index (χ1v) is 8.08. The molecule has 0 unspecified atom stereocenters. The summed E-state index contributed by atoms with van der Waals surface area (Å²) in [5, 5.41) is 0. The first-order chi connectivity index (χ1) is 9.13. The van der Waals surface area contributed by atoms with E-state index in [1.54, 1.807) is 12.1 Å². The van der Waals surface area contributed by atoms with Gasteiger partial charge in [-0.15, -0.1) is 11.6 Å². The number of rotatable bonds is 3. The van der Waals surface area contributed by atoms with Crippen LogP contribution >= 0.6 is 11.6 Å². The average Bonchev–Trinajstić information content (AvgIpc) is 3.06. The van der Waals surface area contributed by atoms with Crippen LogP contribution in [0.2, 0.25) is 0 Å². The van der Waals surface area contributed by atoms with Gasteiger partial charge in [0.2, 0.25) is 16.8 Å². The molecule has 0 bridgehead atoms. The molecule has 0 aliphatic carbocycles. The highest BCUT2D eigenvalue weighted by Crippen LogP contribution is 2.36. The Morgan fingerprint density at radius 3 is 2.89 bits per heavy atom. The van der Waals surface area contributed by atoms with Crippen LogP contribution in [-0.4, -0.2) is 38.0 Å². The van der Waals surface area contributed by atoms with Crippen molar-refractivity contribution in [3.63, 3.8) is 0 Å². The van der Waals surface area contributed by atoms with E-state index in [9.17, 15) is 8.42 Å². The second-order valence-electron chi connectivity index (χ2n) is 4.58. The van der Waals surface area contributed by atoms with Crippen LogP contribution < -0.4 is 9.47 Å². The van der Waals surface area contributed by atoms with Crippen molar-refractivity contribution in [2.45, 2.75) is 23.8 Å². The molecular formula is C12H14ClNO4S. The SMILES string of the molecule is O=S(=O)(c1ccc2c(c1)OCO2)N1CCC[C@H]1CCl. The molecule has 1 aromatic carbocycles. The number of hydrogen-bond donors (Lipinski definition) is 0. The molecule has 2 heterocycles. The molecule has 0 radical (unpaired) electrons. The molecule has 5 nitrogen and oxygen atoms in total. The van der Waals surface area contributed by atoms with Gasteiger partial charge in [0.25, 0.3) is 0 Å². The third-order valence-corrected chi connectivity index (χ3v) is 5.76. The number of ether oxygens (including phenoxy) is 2.